The van der Waals surface area contributed by atoms with Crippen LogP contribution in [0.2, 0.25) is 0 Å². The van der Waals surface area contributed by atoms with Crippen LogP contribution in [0, 0.1) is 6.85 Å². The lowest BCUT2D eigenvalue weighted by Gasteiger charge is -2.00. The number of aryl methyl sites for hydroxylation is 2. The molecule has 0 fully saturated rings. The third kappa shape index (κ3) is 1.57. The van der Waals surface area contributed by atoms with Crippen molar-refractivity contribution in [1.82, 2.24) is 4.98 Å². The number of aromatic nitrogens is 1. The standard InChI is InChI=1S/C8H10BrN/c1-3-8-6(2)4-7(9)5-10-8/h4-5H,3H2,1-2H3/i1D3,2D3,3D2. The van der Waals surface area contributed by atoms with E-state index in [2.05, 4.69) is 20.9 Å². The summed E-state index contributed by atoms with van der Waals surface area (Å²) in [6, 6.07) is 1.17. The fraction of sp³-hybridized carbons (Fsp3) is 0.375. The van der Waals surface area contributed by atoms with E-state index in [9.17, 15) is 0 Å². The quantitative estimate of drug-likeness (QED) is 0.691. The van der Waals surface area contributed by atoms with Gasteiger partial charge in [-0.05, 0) is 40.8 Å². The van der Waals surface area contributed by atoms with Gasteiger partial charge in [-0.3, -0.25) is 4.98 Å². The summed E-state index contributed by atoms with van der Waals surface area (Å²) in [5.41, 5.74) is -0.983. The Bertz CT molecular complexity index is 449. The Kier molecular flexibility index (Phi) is 0.727. The van der Waals surface area contributed by atoms with Gasteiger partial charge in [0, 0.05) is 27.3 Å². The van der Waals surface area contributed by atoms with Gasteiger partial charge in [0.05, 0.1) is 0 Å². The lowest BCUT2D eigenvalue weighted by Crippen LogP contribution is -1.90. The van der Waals surface area contributed by atoms with Crippen molar-refractivity contribution >= 4 is 15.9 Å². The summed E-state index contributed by atoms with van der Waals surface area (Å²) >= 11 is 3.03. The van der Waals surface area contributed by atoms with Crippen molar-refractivity contribution in [2.45, 2.75) is 20.1 Å². The van der Waals surface area contributed by atoms with Crippen LogP contribution in [0.15, 0.2) is 16.7 Å². The van der Waals surface area contributed by atoms with Crippen molar-refractivity contribution in [3.05, 3.63) is 28.0 Å². The molecular weight excluding hydrogens is 190 g/mol. The number of rotatable bonds is 1. The van der Waals surface area contributed by atoms with Crippen LogP contribution in [0.3, 0.4) is 0 Å². The topological polar surface area (TPSA) is 12.9 Å². The minimum absolute atomic E-state index is 0.346. The third-order valence-electron chi connectivity index (χ3n) is 0.973. The number of pyridine rings is 1. The zero-order valence-electron chi connectivity index (χ0n) is 13.0. The first-order chi connectivity index (χ1) is 7.87. The number of hydrogen-bond acceptors (Lipinski definition) is 1. The van der Waals surface area contributed by atoms with Gasteiger partial charge in [0.2, 0.25) is 0 Å². The van der Waals surface area contributed by atoms with Gasteiger partial charge in [0.15, 0.2) is 0 Å². The highest BCUT2D eigenvalue weighted by atomic mass is 79.9. The molecule has 0 unspecified atom stereocenters. The van der Waals surface area contributed by atoms with E-state index in [1.807, 2.05) is 0 Å². The maximum absolute atomic E-state index is 7.59. The molecule has 0 aliphatic carbocycles. The fourth-order valence-electron chi connectivity index (χ4n) is 0.539. The molecule has 1 aromatic rings. The van der Waals surface area contributed by atoms with Crippen molar-refractivity contribution < 1.29 is 11.0 Å². The molecule has 1 rings (SSSR count). The van der Waals surface area contributed by atoms with Gasteiger partial charge in [-0.2, -0.15) is 0 Å². The Hall–Kier alpha value is -0.370. The molecule has 0 spiro atoms. The average molecular weight is 208 g/mol. The van der Waals surface area contributed by atoms with Crippen molar-refractivity contribution in [1.29, 1.82) is 0 Å². The molecule has 54 valence electrons. The van der Waals surface area contributed by atoms with Gasteiger partial charge in [0.1, 0.15) is 0 Å². The van der Waals surface area contributed by atoms with E-state index in [-0.39, 0.29) is 0 Å². The van der Waals surface area contributed by atoms with Crippen molar-refractivity contribution in [3.8, 4) is 0 Å². The molecule has 0 aromatic carbocycles. The first-order valence-corrected chi connectivity index (χ1v) is 3.33. The number of hydrogen-bond donors (Lipinski definition) is 0. The Morgan fingerprint density at radius 3 is 3.50 bits per heavy atom. The largest absolute Gasteiger partial charge is 0.260 e. The molecular formula is C8H10BrN. The van der Waals surface area contributed by atoms with Gasteiger partial charge in [-0.15, -0.1) is 0 Å². The van der Waals surface area contributed by atoms with E-state index < -0.39 is 31.3 Å². The SMILES string of the molecule is [2H]C([2H])([2H])c1cc(Br)cnc1C([2H])([2H])C([2H])([2H])[2H]. The number of nitrogens with zero attached hydrogens (tertiary/aromatic N) is 1. The first kappa shape index (κ1) is 2.31. The normalized spacial score (nSPS) is 25.7. The Morgan fingerprint density at radius 1 is 1.90 bits per heavy atom. The molecule has 0 saturated carbocycles. The number of halogens is 1. The smallest absolute Gasteiger partial charge is 0.0430 e. The molecule has 2 heteroatoms. The van der Waals surface area contributed by atoms with Crippen molar-refractivity contribution in [2.24, 2.45) is 0 Å². The molecule has 10 heavy (non-hydrogen) atoms. The van der Waals surface area contributed by atoms with Crippen molar-refractivity contribution in [3.63, 3.8) is 0 Å². The summed E-state index contributed by atoms with van der Waals surface area (Å²) < 4.78 is 58.9. The zero-order chi connectivity index (χ0) is 14.4. The zero-order valence-corrected chi connectivity index (χ0v) is 6.57. The fourth-order valence-corrected chi connectivity index (χ4v) is 0.870. The maximum atomic E-state index is 7.59. The van der Waals surface area contributed by atoms with Crippen LogP contribution in [0.5, 0.6) is 0 Å². The monoisotopic (exact) mass is 207 g/mol. The molecule has 0 aliphatic rings. The highest BCUT2D eigenvalue weighted by Crippen LogP contribution is 2.12. The molecule has 0 saturated heterocycles. The van der Waals surface area contributed by atoms with Crippen LogP contribution in [0.25, 0.3) is 0 Å². The van der Waals surface area contributed by atoms with E-state index in [4.69, 9.17) is 11.0 Å². The van der Waals surface area contributed by atoms with Crippen LogP contribution in [0.4, 0.5) is 0 Å². The predicted octanol–water partition coefficient (Wildman–Crippen LogP) is 2.71. The van der Waals surface area contributed by atoms with E-state index in [1.165, 1.54) is 12.3 Å². The highest BCUT2D eigenvalue weighted by molar-refractivity contribution is 9.10. The molecule has 0 amide bonds. The van der Waals surface area contributed by atoms with E-state index >= 15 is 0 Å². The minimum Gasteiger partial charge on any atom is -0.260 e. The highest BCUT2D eigenvalue weighted by Gasteiger charge is 1.95. The third-order valence-corrected chi connectivity index (χ3v) is 1.41. The molecule has 0 radical (unpaired) electrons. The molecule has 1 aromatic heterocycles. The second kappa shape index (κ2) is 3.15. The minimum atomic E-state index is -2.99. The first-order valence-electron chi connectivity index (χ1n) is 6.54. The van der Waals surface area contributed by atoms with Gasteiger partial charge >= 0.3 is 0 Å². The molecule has 0 atom stereocenters. The summed E-state index contributed by atoms with van der Waals surface area (Å²) in [5, 5.41) is 0. The summed E-state index contributed by atoms with van der Waals surface area (Å²) in [6.07, 6.45) is -1.65. The van der Waals surface area contributed by atoms with Crippen LogP contribution >= 0.6 is 15.9 Å². The Balaban J connectivity index is 3.52. The van der Waals surface area contributed by atoms with E-state index in [1.54, 1.807) is 0 Å². The van der Waals surface area contributed by atoms with Gasteiger partial charge in [-0.25, -0.2) is 0 Å². The van der Waals surface area contributed by atoms with Crippen LogP contribution in [-0.2, 0) is 6.37 Å². The maximum Gasteiger partial charge on any atom is 0.0430 e. The van der Waals surface area contributed by atoms with E-state index in [0.717, 1.165) is 0 Å². The summed E-state index contributed by atoms with van der Waals surface area (Å²) in [5.74, 6) is 0. The summed E-state index contributed by atoms with van der Waals surface area (Å²) in [4.78, 5) is 3.64. The lowest BCUT2D eigenvalue weighted by atomic mass is 10.2. The lowest BCUT2D eigenvalue weighted by molar-refractivity contribution is 1.00. The average Bonchev–Trinajstić information content (AvgIpc) is 2.13. The van der Waals surface area contributed by atoms with Crippen LogP contribution in [-0.4, -0.2) is 4.98 Å². The molecule has 0 bridgehead atoms. The predicted molar refractivity (Wildman–Crippen MR) is 46.1 cm³/mol. The van der Waals surface area contributed by atoms with Gasteiger partial charge in [0.25, 0.3) is 0 Å². The Labute approximate surface area is 80.9 Å². The summed E-state index contributed by atoms with van der Waals surface area (Å²) in [6.45, 7) is -5.63. The van der Waals surface area contributed by atoms with E-state index in [0.29, 0.717) is 4.47 Å². The second-order valence-corrected chi connectivity index (χ2v) is 2.59. The van der Waals surface area contributed by atoms with Gasteiger partial charge < -0.3 is 0 Å². The molecule has 1 nitrogen and oxygen atoms in total. The van der Waals surface area contributed by atoms with Crippen LogP contribution < -0.4 is 0 Å². The second-order valence-electron chi connectivity index (χ2n) is 1.67. The van der Waals surface area contributed by atoms with Crippen molar-refractivity contribution in [2.75, 3.05) is 0 Å². The van der Waals surface area contributed by atoms with Crippen LogP contribution in [0.1, 0.15) is 29.1 Å². The molecule has 0 N–H and O–H groups in total. The molecule has 1 heterocycles. The van der Waals surface area contributed by atoms with Gasteiger partial charge in [-0.1, -0.05) is 6.85 Å². The Morgan fingerprint density at radius 2 is 2.80 bits per heavy atom. The molecule has 0 aliphatic heterocycles. The summed E-state index contributed by atoms with van der Waals surface area (Å²) in [7, 11) is 0.